The number of methoxy groups -OCH3 is 1. The highest BCUT2D eigenvalue weighted by Crippen LogP contribution is 2.25. The maximum absolute atomic E-state index is 14.2. The minimum absolute atomic E-state index is 0.0651. The summed E-state index contributed by atoms with van der Waals surface area (Å²) in [6.45, 7) is 11.0. The van der Waals surface area contributed by atoms with Gasteiger partial charge in [-0.25, -0.2) is 9.78 Å². The Morgan fingerprint density at radius 1 is 0.862 bits per heavy atom. The zero-order valence-corrected chi connectivity index (χ0v) is 39.1. The summed E-state index contributed by atoms with van der Waals surface area (Å²) < 4.78 is 4.97. The van der Waals surface area contributed by atoms with E-state index in [1.165, 1.54) is 70.2 Å². The average Bonchev–Trinajstić information content (AvgIpc) is 3.65. The van der Waals surface area contributed by atoms with Gasteiger partial charge in [0.1, 0.15) is 36.0 Å². The van der Waals surface area contributed by atoms with E-state index in [0.717, 1.165) is 9.80 Å². The normalized spacial score (nSPS) is 18.0. The Labute approximate surface area is 380 Å². The van der Waals surface area contributed by atoms with E-state index in [9.17, 15) is 53.7 Å². The van der Waals surface area contributed by atoms with E-state index in [2.05, 4.69) is 20.9 Å². The lowest BCUT2D eigenvalue weighted by Gasteiger charge is -2.36. The van der Waals surface area contributed by atoms with Crippen LogP contribution in [0.15, 0.2) is 48.7 Å². The first-order chi connectivity index (χ1) is 30.4. The summed E-state index contributed by atoms with van der Waals surface area (Å²) in [4.78, 5) is 118. The van der Waals surface area contributed by atoms with E-state index in [4.69, 9.17) is 4.74 Å². The lowest BCUT2D eigenvalue weighted by Crippen LogP contribution is -2.59. The minimum Gasteiger partial charge on any atom is -0.505 e. The second-order valence-corrected chi connectivity index (χ2v) is 17.4. The molecule has 20 heteroatoms. The van der Waals surface area contributed by atoms with Gasteiger partial charge in [-0.05, 0) is 55.7 Å². The summed E-state index contributed by atoms with van der Waals surface area (Å²) in [5.74, 6) is -7.13. The number of rotatable bonds is 20. The average molecular weight is 911 g/mol. The predicted octanol–water partition coefficient (Wildman–Crippen LogP) is 0.214. The number of benzene rings is 1. The third-order valence-corrected chi connectivity index (χ3v) is 11.6. The zero-order valence-electron chi connectivity index (χ0n) is 39.1. The summed E-state index contributed by atoms with van der Waals surface area (Å²) in [6.07, 6.45) is -1.46. The van der Waals surface area contributed by atoms with Crippen LogP contribution >= 0.6 is 0 Å². The van der Waals surface area contributed by atoms with Gasteiger partial charge in [0.2, 0.25) is 35.4 Å². The van der Waals surface area contributed by atoms with Crippen LogP contribution in [0, 0.1) is 17.8 Å². The Hall–Kier alpha value is -6.15. The molecule has 7 amide bonds. The number of aromatic hydroxyl groups is 1. The van der Waals surface area contributed by atoms with Gasteiger partial charge in [0.15, 0.2) is 11.7 Å². The van der Waals surface area contributed by atoms with Crippen LogP contribution in [0.2, 0.25) is 0 Å². The van der Waals surface area contributed by atoms with E-state index in [-0.39, 0.29) is 31.2 Å². The first-order valence-electron chi connectivity index (χ1n) is 21.5. The molecular weight excluding hydrogens is 845 g/mol. The number of aliphatic hydroxyl groups excluding tert-OH is 2. The van der Waals surface area contributed by atoms with Crippen LogP contribution in [0.5, 0.6) is 5.75 Å². The maximum Gasteiger partial charge on any atom is 0.333 e. The number of amides is 7. The van der Waals surface area contributed by atoms with Gasteiger partial charge < -0.3 is 55.6 Å². The van der Waals surface area contributed by atoms with Crippen LogP contribution in [-0.2, 0) is 38.3 Å². The van der Waals surface area contributed by atoms with Gasteiger partial charge >= 0.3 is 5.97 Å². The van der Waals surface area contributed by atoms with Crippen molar-refractivity contribution in [1.82, 2.24) is 40.5 Å². The summed E-state index contributed by atoms with van der Waals surface area (Å²) in [5.41, 5.74) is 0.107. The fourth-order valence-corrected chi connectivity index (χ4v) is 7.62. The summed E-state index contributed by atoms with van der Waals surface area (Å²) in [6, 6.07) is 3.66. The fourth-order valence-electron chi connectivity index (χ4n) is 7.62. The number of pyridine rings is 1. The molecule has 6 N–H and O–H groups in total. The number of ether oxygens (including phenoxy) is 1. The van der Waals surface area contributed by atoms with Crippen molar-refractivity contribution in [1.29, 1.82) is 0 Å². The number of aromatic nitrogens is 1. The van der Waals surface area contributed by atoms with Gasteiger partial charge in [-0.3, -0.25) is 33.6 Å². The standard InChI is InChI=1S/C45H66N8O12/c1-24(2)20-31(48-39(58)35(28(7)54)49-40(59)36-33(56)18-15-19-46-36)43(62)53-22-30(55)21-32(53)44(63)50(8)23-34(57)51(9)37(26(5)25(3)4)41(60)47-27(6)42(61)52(10)38(45(64)65-11)29-16-13-12-14-17-29/h12-19,24-28,30-32,35,37-38,54-56H,20-23H2,1-11H3,(H,47,60)(H,48,58)(H,49,59)/t26?,27-,28+,30+,31+,32+,35-,37-,38-/m0/s1. The maximum atomic E-state index is 14.2. The van der Waals surface area contributed by atoms with Crippen molar-refractivity contribution < 1.29 is 58.4 Å². The molecule has 2 aromatic rings. The Morgan fingerprint density at radius 3 is 2.05 bits per heavy atom. The number of carbonyl (C=O) groups excluding carboxylic acids is 8. The molecule has 1 aliphatic rings. The zero-order chi connectivity index (χ0) is 49.0. The minimum atomic E-state index is -1.59. The number of esters is 1. The molecule has 0 radical (unpaired) electrons. The van der Waals surface area contributed by atoms with Gasteiger partial charge in [0.25, 0.3) is 5.91 Å². The molecule has 1 fully saturated rings. The lowest BCUT2D eigenvalue weighted by molar-refractivity contribution is -0.153. The summed E-state index contributed by atoms with van der Waals surface area (Å²) >= 11 is 0. The van der Waals surface area contributed by atoms with Crippen LogP contribution < -0.4 is 16.0 Å². The molecule has 3 rings (SSSR count). The topological polar surface area (TPSA) is 268 Å². The molecule has 1 aromatic carbocycles. The van der Waals surface area contributed by atoms with Gasteiger partial charge in [-0.15, -0.1) is 0 Å². The number of β-amino-alcohol motifs (C(OH)–C–C–N with tert-alkyl or cyclic N) is 1. The molecule has 9 atom stereocenters. The highest BCUT2D eigenvalue weighted by Gasteiger charge is 2.44. The summed E-state index contributed by atoms with van der Waals surface area (Å²) in [5, 5.41) is 38.9. The molecule has 358 valence electrons. The molecule has 0 spiro atoms. The Morgan fingerprint density at radius 2 is 1.49 bits per heavy atom. The van der Waals surface area contributed by atoms with Gasteiger partial charge in [-0.1, -0.05) is 65.0 Å². The first-order valence-corrected chi connectivity index (χ1v) is 21.5. The Kier molecular flexibility index (Phi) is 19.4. The van der Waals surface area contributed by atoms with Gasteiger partial charge in [0.05, 0.1) is 25.9 Å². The van der Waals surface area contributed by atoms with Crippen LogP contribution in [0.25, 0.3) is 0 Å². The molecule has 1 unspecified atom stereocenters. The molecule has 65 heavy (non-hydrogen) atoms. The number of nitrogens with one attached hydrogen (secondary N) is 3. The monoisotopic (exact) mass is 910 g/mol. The van der Waals surface area contributed by atoms with Crippen LogP contribution in [0.3, 0.4) is 0 Å². The Balaban J connectivity index is 1.78. The number of likely N-dealkylation sites (N-methyl/N-ethyl adjacent to an activating group) is 3. The lowest BCUT2D eigenvalue weighted by atomic mass is 9.88. The third kappa shape index (κ3) is 13.7. The van der Waals surface area contributed by atoms with Crippen molar-refractivity contribution in [2.24, 2.45) is 17.8 Å². The summed E-state index contributed by atoms with van der Waals surface area (Å²) in [7, 11) is 5.37. The van der Waals surface area contributed by atoms with E-state index >= 15 is 0 Å². The van der Waals surface area contributed by atoms with Crippen molar-refractivity contribution >= 4 is 47.3 Å². The van der Waals surface area contributed by atoms with Crippen LogP contribution in [0.1, 0.15) is 83.4 Å². The molecule has 0 aliphatic carbocycles. The van der Waals surface area contributed by atoms with Crippen molar-refractivity contribution in [2.75, 3.05) is 41.3 Å². The molecule has 0 bridgehead atoms. The highest BCUT2D eigenvalue weighted by atomic mass is 16.5. The predicted molar refractivity (Wildman–Crippen MR) is 236 cm³/mol. The molecule has 1 saturated heterocycles. The molecule has 20 nitrogen and oxygen atoms in total. The SMILES string of the molecule is COC(=O)[C@H](c1ccccc1)N(C)C(=O)[C@H](C)NC(=O)[C@H](C(C)C(C)C)N(C)C(=O)CN(C)C(=O)[C@H]1C[C@@H](O)CN1C(=O)[C@@H](CC(C)C)NC(=O)[C@@H](NC(=O)c1ncccc1O)[C@@H](C)O. The number of hydrogen-bond donors (Lipinski definition) is 6. The number of hydrogen-bond acceptors (Lipinski definition) is 13. The van der Waals surface area contributed by atoms with Crippen molar-refractivity contribution in [2.45, 2.75) is 110 Å². The molecule has 1 aliphatic heterocycles. The largest absolute Gasteiger partial charge is 0.505 e. The van der Waals surface area contributed by atoms with E-state index < -0.39 is 120 Å². The Bertz CT molecular complexity index is 2020. The van der Waals surface area contributed by atoms with E-state index in [1.807, 2.05) is 13.8 Å². The molecule has 0 saturated carbocycles. The quantitative estimate of drug-likeness (QED) is 0.0973. The number of carbonyl (C=O) groups is 8. The fraction of sp³-hybridized carbons (Fsp3) is 0.578. The van der Waals surface area contributed by atoms with E-state index in [0.29, 0.717) is 5.56 Å². The van der Waals surface area contributed by atoms with Gasteiger partial charge in [-0.2, -0.15) is 0 Å². The van der Waals surface area contributed by atoms with Crippen molar-refractivity contribution in [3.63, 3.8) is 0 Å². The molecule has 1 aromatic heterocycles. The molecule has 2 heterocycles. The smallest absolute Gasteiger partial charge is 0.333 e. The van der Waals surface area contributed by atoms with E-state index in [1.54, 1.807) is 51.1 Å². The van der Waals surface area contributed by atoms with Crippen LogP contribution in [0.4, 0.5) is 0 Å². The third-order valence-electron chi connectivity index (χ3n) is 11.6. The van der Waals surface area contributed by atoms with Gasteiger partial charge in [0, 0.05) is 40.3 Å². The number of likely N-dealkylation sites (tertiary alicyclic amines) is 1. The van der Waals surface area contributed by atoms with Crippen LogP contribution in [-0.4, -0.2) is 171 Å². The van der Waals surface area contributed by atoms with Crippen molar-refractivity contribution in [3.05, 3.63) is 59.9 Å². The number of aliphatic hydroxyl groups is 2. The number of nitrogens with zero attached hydrogens (tertiary/aromatic N) is 5. The second-order valence-electron chi connectivity index (χ2n) is 17.4. The molecular formula is C45H66N8O12. The first kappa shape index (κ1) is 53.2. The highest BCUT2D eigenvalue weighted by molar-refractivity contribution is 6.00. The van der Waals surface area contributed by atoms with Crippen molar-refractivity contribution in [3.8, 4) is 5.75 Å². The second kappa shape index (κ2) is 23.7.